The van der Waals surface area contributed by atoms with E-state index in [9.17, 15) is 0 Å². The molecule has 0 saturated carbocycles. The number of benzene rings is 2. The van der Waals surface area contributed by atoms with Crippen molar-refractivity contribution in [3.8, 4) is 22.8 Å². The van der Waals surface area contributed by atoms with Crippen molar-refractivity contribution in [2.24, 2.45) is 0 Å². The standard InChI is InChI=1S/C20H21ClN2O2/c1-14-12-18(16-5-7-17(21)8-6-16)22-23(14)11-10-15-4-9-19(24-2)20(13-15)25-3/h4-9,12-13H,10-11H2,1-3H3. The smallest absolute Gasteiger partial charge is 0.160 e. The third-order valence-corrected chi connectivity index (χ3v) is 4.43. The minimum atomic E-state index is 0.730. The Balaban J connectivity index is 1.74. The van der Waals surface area contributed by atoms with Gasteiger partial charge in [-0.1, -0.05) is 29.8 Å². The van der Waals surface area contributed by atoms with Crippen LogP contribution in [0.15, 0.2) is 48.5 Å². The minimum absolute atomic E-state index is 0.730. The zero-order valence-electron chi connectivity index (χ0n) is 14.6. The SMILES string of the molecule is COc1ccc(CCn2nc(-c3ccc(Cl)cc3)cc2C)cc1OC. The number of hydrogen-bond donors (Lipinski definition) is 0. The quantitative estimate of drug-likeness (QED) is 0.638. The van der Waals surface area contributed by atoms with E-state index in [1.807, 2.05) is 41.1 Å². The first-order chi connectivity index (χ1) is 12.1. The molecule has 0 atom stereocenters. The summed E-state index contributed by atoms with van der Waals surface area (Å²) in [5.74, 6) is 1.49. The Morgan fingerprint density at radius 1 is 0.960 bits per heavy atom. The van der Waals surface area contributed by atoms with Gasteiger partial charge in [-0.2, -0.15) is 5.10 Å². The molecule has 0 fully saturated rings. The highest BCUT2D eigenvalue weighted by atomic mass is 35.5. The average Bonchev–Trinajstić information content (AvgIpc) is 3.01. The highest BCUT2D eigenvalue weighted by Gasteiger charge is 2.08. The number of nitrogens with zero attached hydrogens (tertiary/aromatic N) is 2. The Kier molecular flexibility index (Phi) is 5.29. The first-order valence-corrected chi connectivity index (χ1v) is 8.50. The van der Waals surface area contributed by atoms with Gasteiger partial charge in [0.2, 0.25) is 0 Å². The van der Waals surface area contributed by atoms with Gasteiger partial charge in [0.15, 0.2) is 11.5 Å². The van der Waals surface area contributed by atoms with E-state index in [0.717, 1.165) is 46.4 Å². The summed E-state index contributed by atoms with van der Waals surface area (Å²) in [7, 11) is 3.29. The highest BCUT2D eigenvalue weighted by molar-refractivity contribution is 6.30. The largest absolute Gasteiger partial charge is 0.493 e. The lowest BCUT2D eigenvalue weighted by Gasteiger charge is -2.10. The molecule has 0 bridgehead atoms. The van der Waals surface area contributed by atoms with E-state index in [1.54, 1.807) is 14.2 Å². The monoisotopic (exact) mass is 356 g/mol. The van der Waals surface area contributed by atoms with Crippen molar-refractivity contribution in [1.82, 2.24) is 9.78 Å². The zero-order chi connectivity index (χ0) is 17.8. The summed E-state index contributed by atoms with van der Waals surface area (Å²) in [6, 6.07) is 15.8. The number of aryl methyl sites for hydroxylation is 3. The first kappa shape index (κ1) is 17.4. The van der Waals surface area contributed by atoms with Crippen LogP contribution in [0.4, 0.5) is 0 Å². The molecule has 0 unspecified atom stereocenters. The van der Waals surface area contributed by atoms with Crippen LogP contribution in [0.3, 0.4) is 0 Å². The molecule has 3 rings (SSSR count). The molecule has 130 valence electrons. The van der Waals surface area contributed by atoms with Crippen molar-refractivity contribution in [3.05, 3.63) is 64.8 Å². The van der Waals surface area contributed by atoms with Crippen molar-refractivity contribution < 1.29 is 9.47 Å². The fourth-order valence-electron chi connectivity index (χ4n) is 2.77. The van der Waals surface area contributed by atoms with E-state index in [4.69, 9.17) is 26.2 Å². The van der Waals surface area contributed by atoms with Gasteiger partial charge in [0.05, 0.1) is 19.9 Å². The summed E-state index contributed by atoms with van der Waals surface area (Å²) < 4.78 is 12.7. The Bertz CT molecular complexity index is 857. The van der Waals surface area contributed by atoms with Gasteiger partial charge in [-0.3, -0.25) is 4.68 Å². The molecule has 1 aromatic heterocycles. The van der Waals surface area contributed by atoms with Gasteiger partial charge in [0.1, 0.15) is 0 Å². The van der Waals surface area contributed by atoms with Crippen LogP contribution >= 0.6 is 11.6 Å². The van der Waals surface area contributed by atoms with Gasteiger partial charge < -0.3 is 9.47 Å². The lowest BCUT2D eigenvalue weighted by Crippen LogP contribution is -2.05. The third kappa shape index (κ3) is 3.97. The molecule has 0 aliphatic carbocycles. The molecule has 5 heteroatoms. The third-order valence-electron chi connectivity index (χ3n) is 4.18. The molecule has 0 radical (unpaired) electrons. The molecule has 0 N–H and O–H groups in total. The molecule has 3 aromatic rings. The van der Waals surface area contributed by atoms with Gasteiger partial charge in [0, 0.05) is 22.8 Å². The van der Waals surface area contributed by atoms with Crippen molar-refractivity contribution in [2.75, 3.05) is 14.2 Å². The maximum Gasteiger partial charge on any atom is 0.160 e. The maximum atomic E-state index is 5.95. The predicted molar refractivity (Wildman–Crippen MR) is 101 cm³/mol. The molecule has 0 saturated heterocycles. The molecule has 0 aliphatic heterocycles. The fourth-order valence-corrected chi connectivity index (χ4v) is 2.90. The van der Waals surface area contributed by atoms with Crippen LogP contribution < -0.4 is 9.47 Å². The Morgan fingerprint density at radius 2 is 1.68 bits per heavy atom. The summed E-state index contributed by atoms with van der Waals surface area (Å²) in [5.41, 5.74) is 4.34. The summed E-state index contributed by atoms with van der Waals surface area (Å²) in [6.45, 7) is 2.87. The molecule has 0 amide bonds. The van der Waals surface area contributed by atoms with E-state index in [0.29, 0.717) is 0 Å². The van der Waals surface area contributed by atoms with E-state index in [1.165, 1.54) is 5.56 Å². The molecule has 1 heterocycles. The van der Waals surface area contributed by atoms with Crippen LogP contribution in [0.25, 0.3) is 11.3 Å². The lowest BCUT2D eigenvalue weighted by molar-refractivity contribution is 0.354. The number of rotatable bonds is 6. The van der Waals surface area contributed by atoms with E-state index < -0.39 is 0 Å². The topological polar surface area (TPSA) is 36.3 Å². The minimum Gasteiger partial charge on any atom is -0.493 e. The molecular weight excluding hydrogens is 336 g/mol. The molecule has 2 aromatic carbocycles. The molecular formula is C20H21ClN2O2. The molecule has 0 spiro atoms. The normalized spacial score (nSPS) is 10.7. The average molecular weight is 357 g/mol. The fraction of sp³-hybridized carbons (Fsp3) is 0.250. The second-order valence-electron chi connectivity index (χ2n) is 5.84. The number of methoxy groups -OCH3 is 2. The summed E-state index contributed by atoms with van der Waals surface area (Å²) in [6.07, 6.45) is 0.864. The van der Waals surface area contributed by atoms with E-state index >= 15 is 0 Å². The van der Waals surface area contributed by atoms with Gasteiger partial charge in [-0.15, -0.1) is 0 Å². The maximum absolute atomic E-state index is 5.95. The van der Waals surface area contributed by atoms with Gasteiger partial charge in [0.25, 0.3) is 0 Å². The van der Waals surface area contributed by atoms with Crippen LogP contribution in [-0.2, 0) is 13.0 Å². The second kappa shape index (κ2) is 7.62. The van der Waals surface area contributed by atoms with E-state index in [-0.39, 0.29) is 0 Å². The molecule has 4 nitrogen and oxygen atoms in total. The van der Waals surface area contributed by atoms with Gasteiger partial charge in [-0.25, -0.2) is 0 Å². The number of ether oxygens (including phenoxy) is 2. The van der Waals surface area contributed by atoms with Crippen LogP contribution in [0.2, 0.25) is 5.02 Å². The van der Waals surface area contributed by atoms with Crippen LogP contribution in [0, 0.1) is 6.92 Å². The molecule has 25 heavy (non-hydrogen) atoms. The summed E-state index contributed by atoms with van der Waals surface area (Å²) in [5, 5.41) is 5.45. The highest BCUT2D eigenvalue weighted by Crippen LogP contribution is 2.28. The van der Waals surface area contributed by atoms with Crippen molar-refractivity contribution in [1.29, 1.82) is 0 Å². The Morgan fingerprint density at radius 3 is 2.36 bits per heavy atom. The predicted octanol–water partition coefficient (Wildman–Crippen LogP) is 4.77. The second-order valence-corrected chi connectivity index (χ2v) is 6.28. The van der Waals surface area contributed by atoms with Gasteiger partial charge in [-0.05, 0) is 49.2 Å². The summed E-state index contributed by atoms with van der Waals surface area (Å²) >= 11 is 5.95. The number of hydrogen-bond acceptors (Lipinski definition) is 3. The van der Waals surface area contributed by atoms with Crippen molar-refractivity contribution in [2.45, 2.75) is 19.9 Å². The van der Waals surface area contributed by atoms with Crippen molar-refractivity contribution >= 4 is 11.6 Å². The first-order valence-electron chi connectivity index (χ1n) is 8.12. The molecule has 0 aliphatic rings. The van der Waals surface area contributed by atoms with Gasteiger partial charge >= 0.3 is 0 Å². The van der Waals surface area contributed by atoms with Crippen LogP contribution in [-0.4, -0.2) is 24.0 Å². The Labute approximate surface area is 153 Å². The number of aromatic nitrogens is 2. The van der Waals surface area contributed by atoms with Crippen LogP contribution in [0.1, 0.15) is 11.3 Å². The number of halogens is 1. The zero-order valence-corrected chi connectivity index (χ0v) is 15.4. The van der Waals surface area contributed by atoms with E-state index in [2.05, 4.69) is 19.1 Å². The summed E-state index contributed by atoms with van der Waals surface area (Å²) in [4.78, 5) is 0. The lowest BCUT2D eigenvalue weighted by atomic mass is 10.1. The van der Waals surface area contributed by atoms with Crippen LogP contribution in [0.5, 0.6) is 11.5 Å². The Hall–Kier alpha value is -2.46. The van der Waals surface area contributed by atoms with Crippen molar-refractivity contribution in [3.63, 3.8) is 0 Å².